The molecule has 1 aromatic heterocycles. The normalized spacial score (nSPS) is 24.6. The summed E-state index contributed by atoms with van der Waals surface area (Å²) in [6.45, 7) is 12.3. The fourth-order valence-corrected chi connectivity index (χ4v) is 7.53. The Morgan fingerprint density at radius 3 is 2.55 bits per heavy atom. The lowest BCUT2D eigenvalue weighted by atomic mass is 10.0. The maximum atomic E-state index is 6.33. The van der Waals surface area contributed by atoms with Crippen LogP contribution in [0.25, 0.3) is 0 Å². The number of rotatable bonds is 3. The van der Waals surface area contributed by atoms with Crippen molar-refractivity contribution in [2.45, 2.75) is 71.5 Å². The lowest BCUT2D eigenvalue weighted by molar-refractivity contribution is 0.254. The highest BCUT2D eigenvalue weighted by molar-refractivity contribution is 8.17. The second-order valence-corrected chi connectivity index (χ2v) is 11.9. The van der Waals surface area contributed by atoms with Gasteiger partial charge in [0.25, 0.3) is 0 Å². The molecule has 20 heavy (non-hydrogen) atoms. The van der Waals surface area contributed by atoms with E-state index in [1.165, 1.54) is 25.7 Å². The fourth-order valence-electron chi connectivity index (χ4n) is 3.20. The van der Waals surface area contributed by atoms with Crippen molar-refractivity contribution in [3.05, 3.63) is 17.9 Å². The van der Waals surface area contributed by atoms with E-state index in [9.17, 15) is 0 Å². The molecular weight excluding hydrogens is 285 g/mol. The molecule has 0 bridgehead atoms. The number of hydrogen-bond donors (Lipinski definition) is 0. The van der Waals surface area contributed by atoms with E-state index >= 15 is 0 Å². The Kier molecular flexibility index (Phi) is 4.83. The van der Waals surface area contributed by atoms with Gasteiger partial charge in [-0.1, -0.05) is 45.9 Å². The largest absolute Gasteiger partial charge is 0.460 e. The van der Waals surface area contributed by atoms with Gasteiger partial charge in [-0.2, -0.15) is 0 Å². The Hall–Kier alpha value is -0.110. The second-order valence-electron chi connectivity index (χ2n) is 6.85. The summed E-state index contributed by atoms with van der Waals surface area (Å²) in [5.41, 5.74) is 1.05. The topological polar surface area (TPSA) is 16.4 Å². The molecule has 2 nitrogen and oxygen atoms in total. The average Bonchev–Trinajstić information content (AvgIpc) is 2.83. The molecule has 0 aromatic carbocycles. The fraction of sp³-hybridized carbons (Fsp3) is 0.750. The molecule has 0 spiro atoms. The van der Waals surface area contributed by atoms with E-state index in [2.05, 4.69) is 44.5 Å². The highest BCUT2D eigenvalue weighted by Gasteiger charge is 2.44. The van der Waals surface area contributed by atoms with Crippen LogP contribution in [0.2, 0.25) is 0 Å². The van der Waals surface area contributed by atoms with Crippen LogP contribution in [0.15, 0.2) is 16.5 Å². The Morgan fingerprint density at radius 1 is 1.35 bits per heavy atom. The van der Waals surface area contributed by atoms with Crippen molar-refractivity contribution >= 4 is 23.5 Å². The number of nitrogens with zero attached hydrogens (tertiary/aromatic N) is 1. The first kappa shape index (κ1) is 16.3. The Bertz CT molecular complexity index is 503. The van der Waals surface area contributed by atoms with Gasteiger partial charge in [-0.25, -0.2) is 0 Å². The summed E-state index contributed by atoms with van der Waals surface area (Å²) >= 11 is 6.33. The molecule has 0 amide bonds. The maximum absolute atomic E-state index is 6.33. The Morgan fingerprint density at radius 2 is 2.05 bits per heavy atom. The summed E-state index contributed by atoms with van der Waals surface area (Å²) in [4.78, 5) is 0. The summed E-state index contributed by atoms with van der Waals surface area (Å²) < 4.78 is 8.67. The molecule has 4 heteroatoms. The smallest absolute Gasteiger partial charge is 0.150 e. The van der Waals surface area contributed by atoms with Gasteiger partial charge in [-0.3, -0.25) is 4.67 Å². The van der Waals surface area contributed by atoms with Gasteiger partial charge in [-0.05, 0) is 38.3 Å². The van der Waals surface area contributed by atoms with E-state index in [0.29, 0.717) is 6.04 Å². The minimum Gasteiger partial charge on any atom is -0.460 e. The molecule has 2 rings (SSSR count). The van der Waals surface area contributed by atoms with E-state index in [-0.39, 0.29) is 5.16 Å². The van der Waals surface area contributed by atoms with Crippen molar-refractivity contribution in [1.29, 1.82) is 0 Å². The molecule has 0 radical (unpaired) electrons. The van der Waals surface area contributed by atoms with Gasteiger partial charge in [-0.15, -0.1) is 0 Å². The number of furan rings is 1. The molecule has 1 saturated heterocycles. The SMILES string of the molecule is CC[C@H]1CCCCN1[P@@](=S)(c1ccc(C)o1)C(C)(C)C. The molecule has 2 atom stereocenters. The van der Waals surface area contributed by atoms with Crippen molar-refractivity contribution in [3.8, 4) is 0 Å². The van der Waals surface area contributed by atoms with Crippen molar-refractivity contribution in [2.24, 2.45) is 0 Å². The first-order valence-corrected chi connectivity index (χ1v) is 10.5. The molecule has 0 saturated carbocycles. The summed E-state index contributed by atoms with van der Waals surface area (Å²) in [5.74, 6) is 0.975. The number of aryl methyl sites for hydroxylation is 1. The lowest BCUT2D eigenvalue weighted by Gasteiger charge is -2.48. The zero-order valence-corrected chi connectivity index (χ0v) is 15.2. The lowest BCUT2D eigenvalue weighted by Crippen LogP contribution is -2.44. The third-order valence-corrected chi connectivity index (χ3v) is 11.1. The van der Waals surface area contributed by atoms with Gasteiger partial charge >= 0.3 is 0 Å². The van der Waals surface area contributed by atoms with Crippen molar-refractivity contribution in [1.82, 2.24) is 4.67 Å². The van der Waals surface area contributed by atoms with Crippen LogP contribution < -0.4 is 5.50 Å². The van der Waals surface area contributed by atoms with E-state index in [4.69, 9.17) is 16.2 Å². The van der Waals surface area contributed by atoms with Gasteiger partial charge in [0, 0.05) is 17.7 Å². The molecule has 114 valence electrons. The highest BCUT2D eigenvalue weighted by Crippen LogP contribution is 2.62. The summed E-state index contributed by atoms with van der Waals surface area (Å²) in [6.07, 6.45) is 3.20. The molecule has 2 heterocycles. The maximum Gasteiger partial charge on any atom is 0.150 e. The minimum absolute atomic E-state index is 0.0669. The molecule has 0 aliphatic carbocycles. The summed E-state index contributed by atoms with van der Waals surface area (Å²) in [6, 6.07) is 4.81. The number of piperidine rings is 1. The van der Waals surface area contributed by atoms with Crippen LogP contribution in [0.3, 0.4) is 0 Å². The van der Waals surface area contributed by atoms with Gasteiger partial charge in [0.1, 0.15) is 11.3 Å². The second kappa shape index (κ2) is 5.94. The van der Waals surface area contributed by atoms with E-state index in [1.54, 1.807) is 0 Å². The summed E-state index contributed by atoms with van der Waals surface area (Å²) in [7, 11) is 0. The van der Waals surface area contributed by atoms with Crippen molar-refractivity contribution < 1.29 is 4.42 Å². The van der Waals surface area contributed by atoms with E-state index in [0.717, 1.165) is 17.8 Å². The third kappa shape index (κ3) is 2.77. The molecule has 1 aliphatic rings. The van der Waals surface area contributed by atoms with Crippen LogP contribution in [0, 0.1) is 6.92 Å². The van der Waals surface area contributed by atoms with Gasteiger partial charge in [0.15, 0.2) is 0 Å². The van der Waals surface area contributed by atoms with Gasteiger partial charge in [0.05, 0.1) is 6.19 Å². The van der Waals surface area contributed by atoms with Crippen LogP contribution in [0.5, 0.6) is 0 Å². The number of hydrogen-bond acceptors (Lipinski definition) is 2. The zero-order chi connectivity index (χ0) is 15.0. The Balaban J connectivity index is 2.49. The van der Waals surface area contributed by atoms with Crippen molar-refractivity contribution in [2.75, 3.05) is 6.54 Å². The van der Waals surface area contributed by atoms with Crippen LogP contribution in [0.1, 0.15) is 59.1 Å². The monoisotopic (exact) mass is 313 g/mol. The first-order chi connectivity index (χ1) is 9.30. The van der Waals surface area contributed by atoms with Crippen molar-refractivity contribution in [3.63, 3.8) is 0 Å². The molecule has 1 aromatic rings. The standard InChI is InChI=1S/C16H28NOPS/c1-6-14-9-7-8-12-17(14)19(20,16(3,4)5)15-11-10-13(2)18-15/h10-11,14H,6-9,12H2,1-5H3/t14-,19+/m0/s1. The van der Waals surface area contributed by atoms with E-state index in [1.807, 2.05) is 6.92 Å². The highest BCUT2D eigenvalue weighted by atomic mass is 32.4. The molecule has 0 N–H and O–H groups in total. The first-order valence-electron chi connectivity index (χ1n) is 7.75. The van der Waals surface area contributed by atoms with Crippen LogP contribution in [0.4, 0.5) is 0 Å². The quantitative estimate of drug-likeness (QED) is 0.755. The van der Waals surface area contributed by atoms with Crippen LogP contribution in [-0.4, -0.2) is 22.4 Å². The minimum atomic E-state index is -1.88. The molecule has 1 fully saturated rings. The van der Waals surface area contributed by atoms with Crippen LogP contribution >= 0.6 is 6.19 Å². The molecule has 0 unspecified atom stereocenters. The van der Waals surface area contributed by atoms with Gasteiger partial charge in [0.2, 0.25) is 0 Å². The third-order valence-electron chi connectivity index (χ3n) is 4.36. The van der Waals surface area contributed by atoms with Crippen LogP contribution in [-0.2, 0) is 11.8 Å². The Labute approximate surface area is 129 Å². The van der Waals surface area contributed by atoms with Gasteiger partial charge < -0.3 is 4.42 Å². The average molecular weight is 313 g/mol. The molecule has 1 aliphatic heterocycles. The summed E-state index contributed by atoms with van der Waals surface area (Å²) in [5, 5.41) is 0.0669. The zero-order valence-electron chi connectivity index (χ0n) is 13.5. The predicted octanol–water partition coefficient (Wildman–Crippen LogP) is 4.67. The van der Waals surface area contributed by atoms with E-state index < -0.39 is 6.19 Å². The predicted molar refractivity (Wildman–Crippen MR) is 91.8 cm³/mol. The molecular formula is C16H28NOPS.